The summed E-state index contributed by atoms with van der Waals surface area (Å²) in [6, 6.07) is 11.0. The van der Waals surface area contributed by atoms with Gasteiger partial charge in [-0.15, -0.1) is 24.0 Å². The van der Waals surface area contributed by atoms with E-state index in [-0.39, 0.29) is 24.0 Å². The number of nitrogens with zero attached hydrogens (tertiary/aromatic N) is 4. The molecule has 0 atom stereocenters. The Bertz CT molecular complexity index is 722. The molecule has 0 bridgehead atoms. The Morgan fingerprint density at radius 3 is 2.45 bits per heavy atom. The second-order valence-corrected chi connectivity index (χ2v) is 7.73. The maximum Gasteiger partial charge on any atom is 0.193 e. The van der Waals surface area contributed by atoms with Gasteiger partial charge in [0.1, 0.15) is 6.26 Å². The van der Waals surface area contributed by atoms with Gasteiger partial charge in [-0.25, -0.2) is 0 Å². The number of hydrogen-bond donors (Lipinski definition) is 1. The van der Waals surface area contributed by atoms with Crippen LogP contribution in [0.5, 0.6) is 0 Å². The first kappa shape index (κ1) is 23.7. The number of aryl methyl sites for hydroxylation is 1. The first-order valence-corrected chi connectivity index (χ1v) is 10.3. The predicted molar refractivity (Wildman–Crippen MR) is 129 cm³/mol. The number of hydrogen-bond acceptors (Lipinski definition) is 4. The zero-order chi connectivity index (χ0) is 19.8. The lowest BCUT2D eigenvalue weighted by molar-refractivity contribution is 0.169. The number of benzene rings is 1. The summed E-state index contributed by atoms with van der Waals surface area (Å²) < 4.78 is 4.92. The summed E-state index contributed by atoms with van der Waals surface area (Å²) in [7, 11) is 1.87. The van der Waals surface area contributed by atoms with Crippen LogP contribution in [0.3, 0.4) is 0 Å². The van der Waals surface area contributed by atoms with Crippen molar-refractivity contribution in [3.05, 3.63) is 53.4 Å². The Labute approximate surface area is 191 Å². The van der Waals surface area contributed by atoms with Gasteiger partial charge >= 0.3 is 0 Å². The largest absolute Gasteiger partial charge is 0.364 e. The molecule has 2 heterocycles. The van der Waals surface area contributed by atoms with Gasteiger partial charge in [0.25, 0.3) is 0 Å². The van der Waals surface area contributed by atoms with Crippen LogP contribution in [-0.4, -0.2) is 60.7 Å². The molecular formula is C22H34IN5O. The highest BCUT2D eigenvalue weighted by Crippen LogP contribution is 2.15. The van der Waals surface area contributed by atoms with Crippen molar-refractivity contribution in [1.82, 2.24) is 20.3 Å². The van der Waals surface area contributed by atoms with Gasteiger partial charge in [-0.1, -0.05) is 43.3 Å². The van der Waals surface area contributed by atoms with Crippen LogP contribution >= 0.6 is 24.0 Å². The summed E-state index contributed by atoms with van der Waals surface area (Å²) in [6.45, 7) is 10.2. The normalized spacial score (nSPS) is 15.4. The van der Waals surface area contributed by atoms with Gasteiger partial charge < -0.3 is 14.7 Å². The average Bonchev–Trinajstić information content (AvgIpc) is 3.22. The van der Waals surface area contributed by atoms with Crippen molar-refractivity contribution < 1.29 is 4.52 Å². The number of aromatic nitrogens is 1. The van der Waals surface area contributed by atoms with Gasteiger partial charge in [0.2, 0.25) is 0 Å². The molecular weight excluding hydrogens is 477 g/mol. The second kappa shape index (κ2) is 12.2. The van der Waals surface area contributed by atoms with Crippen molar-refractivity contribution in [2.45, 2.75) is 39.2 Å². The number of halogens is 1. The molecule has 0 radical (unpaired) electrons. The lowest BCUT2D eigenvalue weighted by atomic mass is 10.0. The summed E-state index contributed by atoms with van der Waals surface area (Å²) in [5.74, 6) is 1.60. The Morgan fingerprint density at radius 2 is 1.86 bits per heavy atom. The number of guanidine groups is 1. The van der Waals surface area contributed by atoms with Gasteiger partial charge in [-0.3, -0.25) is 9.89 Å². The van der Waals surface area contributed by atoms with Crippen LogP contribution in [0.4, 0.5) is 0 Å². The van der Waals surface area contributed by atoms with Crippen molar-refractivity contribution in [2.24, 2.45) is 4.99 Å². The predicted octanol–water partition coefficient (Wildman–Crippen LogP) is 3.74. The molecule has 1 fully saturated rings. The zero-order valence-corrected chi connectivity index (χ0v) is 20.1. The van der Waals surface area contributed by atoms with Crippen LogP contribution in [0, 0.1) is 0 Å². The molecule has 1 aliphatic rings. The molecule has 7 heteroatoms. The third-order valence-corrected chi connectivity index (χ3v) is 5.33. The monoisotopic (exact) mass is 511 g/mol. The van der Waals surface area contributed by atoms with Crippen LogP contribution in [0.1, 0.15) is 43.0 Å². The summed E-state index contributed by atoms with van der Waals surface area (Å²) >= 11 is 0. The fourth-order valence-electron chi connectivity index (χ4n) is 3.56. The van der Waals surface area contributed by atoms with Crippen molar-refractivity contribution in [3.63, 3.8) is 0 Å². The van der Waals surface area contributed by atoms with E-state index in [9.17, 15) is 0 Å². The Kier molecular flexibility index (Phi) is 9.93. The van der Waals surface area contributed by atoms with E-state index in [1.54, 1.807) is 6.26 Å². The molecule has 3 rings (SSSR count). The fraction of sp³-hybridized carbons (Fsp3) is 0.545. The van der Waals surface area contributed by atoms with Crippen LogP contribution in [0.15, 0.2) is 46.1 Å². The van der Waals surface area contributed by atoms with E-state index in [2.05, 4.69) is 63.4 Å². The summed E-state index contributed by atoms with van der Waals surface area (Å²) in [4.78, 5) is 9.22. The van der Waals surface area contributed by atoms with Gasteiger partial charge in [0.15, 0.2) is 5.96 Å². The molecule has 1 N–H and O–H groups in total. The van der Waals surface area contributed by atoms with Crippen LogP contribution in [-0.2, 0) is 13.0 Å². The van der Waals surface area contributed by atoms with E-state index in [4.69, 9.17) is 4.52 Å². The number of aliphatic imine (C=N–C) groups is 1. The molecule has 0 unspecified atom stereocenters. The molecule has 0 aliphatic carbocycles. The van der Waals surface area contributed by atoms with Crippen molar-refractivity contribution in [1.29, 1.82) is 0 Å². The highest BCUT2D eigenvalue weighted by atomic mass is 127. The number of piperazine rings is 1. The highest BCUT2D eigenvalue weighted by molar-refractivity contribution is 14.0. The van der Waals surface area contributed by atoms with Crippen molar-refractivity contribution >= 4 is 29.9 Å². The van der Waals surface area contributed by atoms with Gasteiger partial charge in [0, 0.05) is 52.4 Å². The highest BCUT2D eigenvalue weighted by Gasteiger charge is 2.20. The molecule has 0 amide bonds. The van der Waals surface area contributed by atoms with E-state index < -0.39 is 0 Å². The zero-order valence-electron chi connectivity index (χ0n) is 17.8. The summed E-state index contributed by atoms with van der Waals surface area (Å²) in [5.41, 5.74) is 3.81. The maximum atomic E-state index is 4.92. The molecule has 6 nitrogen and oxygen atoms in total. The van der Waals surface area contributed by atoms with E-state index in [0.29, 0.717) is 5.92 Å². The first-order chi connectivity index (χ1) is 13.7. The minimum atomic E-state index is 0. The summed E-state index contributed by atoms with van der Waals surface area (Å²) in [5, 5.41) is 7.53. The standard InChI is InChI=1S/C22H33N5O.HI/c1-18(2)20-8-6-19(7-9-20)5-4-11-24-22(23-3)27-14-12-26(13-15-27)17-21-10-16-28-25-21;/h6-10,16,18H,4-5,11-15,17H2,1-3H3,(H,23,24);1H. The van der Waals surface area contributed by atoms with E-state index in [1.165, 1.54) is 11.1 Å². The minimum Gasteiger partial charge on any atom is -0.364 e. The Balaban J connectivity index is 0.00000300. The SMILES string of the molecule is CN=C(NCCCc1ccc(C(C)C)cc1)N1CCN(Cc2ccon2)CC1.I. The second-order valence-electron chi connectivity index (χ2n) is 7.73. The molecule has 1 aromatic carbocycles. The molecule has 2 aromatic rings. The Hall–Kier alpha value is -1.61. The minimum absolute atomic E-state index is 0. The first-order valence-electron chi connectivity index (χ1n) is 10.3. The lowest BCUT2D eigenvalue weighted by Gasteiger charge is -2.36. The van der Waals surface area contributed by atoms with E-state index in [1.807, 2.05) is 13.1 Å². The van der Waals surface area contributed by atoms with E-state index >= 15 is 0 Å². The third-order valence-electron chi connectivity index (χ3n) is 5.33. The van der Waals surface area contributed by atoms with Gasteiger partial charge in [-0.05, 0) is 29.9 Å². The molecule has 0 saturated carbocycles. The topological polar surface area (TPSA) is 56.9 Å². The molecule has 160 valence electrons. The maximum absolute atomic E-state index is 4.92. The van der Waals surface area contributed by atoms with Crippen LogP contribution in [0.25, 0.3) is 0 Å². The fourth-order valence-corrected chi connectivity index (χ4v) is 3.56. The van der Waals surface area contributed by atoms with Crippen LogP contribution < -0.4 is 5.32 Å². The average molecular weight is 511 g/mol. The van der Waals surface area contributed by atoms with Gasteiger partial charge in [-0.2, -0.15) is 0 Å². The van der Waals surface area contributed by atoms with Gasteiger partial charge in [0.05, 0.1) is 5.69 Å². The smallest absolute Gasteiger partial charge is 0.193 e. The quantitative estimate of drug-likeness (QED) is 0.266. The molecule has 29 heavy (non-hydrogen) atoms. The lowest BCUT2D eigenvalue weighted by Crippen LogP contribution is -2.52. The molecule has 1 aliphatic heterocycles. The molecule has 1 saturated heterocycles. The Morgan fingerprint density at radius 1 is 1.14 bits per heavy atom. The number of nitrogens with one attached hydrogen (secondary N) is 1. The molecule has 0 spiro atoms. The third kappa shape index (κ3) is 7.29. The summed E-state index contributed by atoms with van der Waals surface area (Å²) in [6.07, 6.45) is 3.83. The number of rotatable bonds is 7. The van der Waals surface area contributed by atoms with Crippen molar-refractivity contribution in [3.8, 4) is 0 Å². The van der Waals surface area contributed by atoms with Crippen LogP contribution in [0.2, 0.25) is 0 Å². The van der Waals surface area contributed by atoms with Crippen molar-refractivity contribution in [2.75, 3.05) is 39.8 Å². The molecule has 1 aromatic heterocycles. The van der Waals surface area contributed by atoms with E-state index in [0.717, 1.165) is 63.8 Å².